The maximum absolute atomic E-state index is 10.9. The van der Waals surface area contributed by atoms with Crippen LogP contribution in [0.15, 0.2) is 25.0 Å². The van der Waals surface area contributed by atoms with Gasteiger partial charge in [0.05, 0.1) is 12.8 Å². The summed E-state index contributed by atoms with van der Waals surface area (Å²) in [6.45, 7) is 8.47. The van der Waals surface area contributed by atoms with Gasteiger partial charge >= 0.3 is 6.16 Å². The fourth-order valence-electron chi connectivity index (χ4n) is 0.552. The van der Waals surface area contributed by atoms with Crippen molar-refractivity contribution in [3.8, 4) is 0 Å². The molecule has 1 amide bonds. The monoisotopic (exact) mass is 199 g/mol. The van der Waals surface area contributed by atoms with Crippen molar-refractivity contribution in [2.45, 2.75) is 6.92 Å². The average Bonchev–Trinajstić information content (AvgIpc) is 2.12. The van der Waals surface area contributed by atoms with Gasteiger partial charge in [-0.2, -0.15) is 0 Å². The lowest BCUT2D eigenvalue weighted by atomic mass is 10.3. The number of nitrogens with one attached hydrogen (secondary N) is 1. The summed E-state index contributed by atoms with van der Waals surface area (Å²) >= 11 is 0. The molecule has 0 aromatic carbocycles. The first-order valence-electron chi connectivity index (χ1n) is 3.96. The predicted molar refractivity (Wildman–Crippen MR) is 50.5 cm³/mol. The zero-order valence-corrected chi connectivity index (χ0v) is 8.04. The number of rotatable bonds is 5. The van der Waals surface area contributed by atoms with E-state index in [0.29, 0.717) is 5.57 Å². The minimum absolute atomic E-state index is 0.0473. The normalized spacial score (nSPS) is 8.64. The Bertz CT molecular complexity index is 247. The van der Waals surface area contributed by atoms with Crippen LogP contribution in [0.25, 0.3) is 0 Å². The summed E-state index contributed by atoms with van der Waals surface area (Å²) in [5.41, 5.74) is 0.402. The molecule has 0 unspecified atom stereocenters. The van der Waals surface area contributed by atoms with E-state index in [4.69, 9.17) is 0 Å². The van der Waals surface area contributed by atoms with Crippen LogP contribution in [-0.2, 0) is 14.3 Å². The Balaban J connectivity index is 3.47. The summed E-state index contributed by atoms with van der Waals surface area (Å²) in [4.78, 5) is 21.5. The lowest BCUT2D eigenvalue weighted by Crippen LogP contribution is -2.28. The van der Waals surface area contributed by atoms with Crippen LogP contribution in [0.5, 0.6) is 0 Å². The molecular formula is C9H13NO4. The van der Waals surface area contributed by atoms with Gasteiger partial charge in [-0.05, 0) is 6.92 Å². The topological polar surface area (TPSA) is 64.6 Å². The first-order valence-corrected chi connectivity index (χ1v) is 3.96. The van der Waals surface area contributed by atoms with Crippen molar-refractivity contribution in [3.05, 3.63) is 25.0 Å². The second kappa shape index (κ2) is 6.71. The maximum atomic E-state index is 10.9. The zero-order valence-electron chi connectivity index (χ0n) is 8.04. The molecule has 78 valence electrons. The van der Waals surface area contributed by atoms with Gasteiger partial charge in [-0.1, -0.05) is 13.2 Å². The lowest BCUT2D eigenvalue weighted by molar-refractivity contribution is -0.117. The second-order valence-electron chi connectivity index (χ2n) is 2.42. The largest absolute Gasteiger partial charge is 0.513 e. The highest BCUT2D eigenvalue weighted by Crippen LogP contribution is 1.86. The molecule has 1 N–H and O–H groups in total. The van der Waals surface area contributed by atoms with E-state index in [2.05, 4.69) is 27.9 Å². The Kier molecular flexibility index (Phi) is 5.85. The third kappa shape index (κ3) is 5.82. The smallest absolute Gasteiger partial charge is 0.432 e. The Hall–Kier alpha value is -1.78. The Morgan fingerprint density at radius 2 is 2.14 bits per heavy atom. The molecule has 5 nitrogen and oxygen atoms in total. The third-order valence-corrected chi connectivity index (χ3v) is 1.17. The first-order chi connectivity index (χ1) is 6.57. The van der Waals surface area contributed by atoms with Crippen molar-refractivity contribution in [2.75, 3.05) is 13.2 Å². The Morgan fingerprint density at radius 3 is 2.64 bits per heavy atom. The van der Waals surface area contributed by atoms with Crippen molar-refractivity contribution < 1.29 is 19.1 Å². The second-order valence-corrected chi connectivity index (χ2v) is 2.42. The van der Waals surface area contributed by atoms with E-state index in [1.165, 1.54) is 0 Å². The summed E-state index contributed by atoms with van der Waals surface area (Å²) in [7, 11) is 0. The van der Waals surface area contributed by atoms with E-state index >= 15 is 0 Å². The van der Waals surface area contributed by atoms with Crippen LogP contribution >= 0.6 is 0 Å². The van der Waals surface area contributed by atoms with Gasteiger partial charge in [0.1, 0.15) is 6.61 Å². The molecule has 0 radical (unpaired) electrons. The van der Waals surface area contributed by atoms with E-state index in [1.807, 2.05) is 0 Å². The Morgan fingerprint density at radius 1 is 1.50 bits per heavy atom. The van der Waals surface area contributed by atoms with E-state index in [-0.39, 0.29) is 19.1 Å². The van der Waals surface area contributed by atoms with E-state index in [0.717, 1.165) is 6.26 Å². The fraction of sp³-hybridized carbons (Fsp3) is 0.333. The molecule has 0 fully saturated rings. The molecule has 0 atom stereocenters. The molecule has 0 bridgehead atoms. The highest BCUT2D eigenvalue weighted by molar-refractivity contribution is 5.92. The van der Waals surface area contributed by atoms with E-state index < -0.39 is 6.16 Å². The van der Waals surface area contributed by atoms with Gasteiger partial charge in [0, 0.05) is 5.57 Å². The van der Waals surface area contributed by atoms with Gasteiger partial charge in [-0.25, -0.2) is 4.79 Å². The molecule has 0 spiro atoms. The van der Waals surface area contributed by atoms with Crippen molar-refractivity contribution >= 4 is 12.1 Å². The summed E-state index contributed by atoms with van der Waals surface area (Å²) in [6.07, 6.45) is 0.124. The van der Waals surface area contributed by atoms with Crippen molar-refractivity contribution in [3.63, 3.8) is 0 Å². The molecule has 0 saturated heterocycles. The molecule has 0 aliphatic rings. The third-order valence-electron chi connectivity index (χ3n) is 1.17. The number of hydrogen-bond donors (Lipinski definition) is 1. The van der Waals surface area contributed by atoms with Crippen LogP contribution in [0.1, 0.15) is 6.92 Å². The van der Waals surface area contributed by atoms with E-state index in [1.54, 1.807) is 6.92 Å². The molecule has 14 heavy (non-hydrogen) atoms. The number of carbonyl (C=O) groups is 2. The highest BCUT2D eigenvalue weighted by atomic mass is 16.7. The standard InChI is InChI=1S/C9H13NO4/c1-4-13-9(12)14-6-5-10-8(11)7(2)3/h4H,1-2,5-6H2,3H3,(H,10,11). The molecule has 0 aliphatic heterocycles. The van der Waals surface area contributed by atoms with Gasteiger partial charge in [-0.3, -0.25) is 4.79 Å². The molecule has 0 aromatic rings. The van der Waals surface area contributed by atoms with Crippen molar-refractivity contribution in [1.29, 1.82) is 0 Å². The summed E-state index contributed by atoms with van der Waals surface area (Å²) in [5, 5.41) is 2.48. The van der Waals surface area contributed by atoms with Crippen LogP contribution in [0.4, 0.5) is 4.79 Å². The van der Waals surface area contributed by atoms with Crippen molar-refractivity contribution in [1.82, 2.24) is 5.32 Å². The number of hydrogen-bond acceptors (Lipinski definition) is 4. The number of amides is 1. The number of carbonyl (C=O) groups excluding carboxylic acids is 2. The maximum Gasteiger partial charge on any atom is 0.513 e. The number of ether oxygens (including phenoxy) is 2. The lowest BCUT2D eigenvalue weighted by Gasteiger charge is -2.04. The summed E-state index contributed by atoms with van der Waals surface area (Å²) in [5.74, 6) is -0.273. The molecule has 0 saturated carbocycles. The van der Waals surface area contributed by atoms with Gasteiger partial charge in [0.25, 0.3) is 0 Å². The van der Waals surface area contributed by atoms with E-state index in [9.17, 15) is 9.59 Å². The minimum atomic E-state index is -0.843. The zero-order chi connectivity index (χ0) is 11.0. The van der Waals surface area contributed by atoms with Crippen LogP contribution in [-0.4, -0.2) is 25.2 Å². The summed E-state index contributed by atoms with van der Waals surface area (Å²) in [6, 6.07) is 0. The highest BCUT2D eigenvalue weighted by Gasteiger charge is 2.02. The molecular weight excluding hydrogens is 186 g/mol. The van der Waals surface area contributed by atoms with Crippen molar-refractivity contribution in [2.24, 2.45) is 0 Å². The first kappa shape index (κ1) is 12.2. The van der Waals surface area contributed by atoms with Gasteiger partial charge in [0.15, 0.2) is 0 Å². The molecule has 0 rings (SSSR count). The van der Waals surface area contributed by atoms with Crippen LogP contribution in [0.3, 0.4) is 0 Å². The molecule has 0 aliphatic carbocycles. The SMILES string of the molecule is C=COC(=O)OCCNC(=O)C(=C)C. The summed E-state index contributed by atoms with van der Waals surface area (Å²) < 4.78 is 8.80. The quantitative estimate of drug-likeness (QED) is 0.310. The van der Waals surface area contributed by atoms with Gasteiger partial charge < -0.3 is 14.8 Å². The fourth-order valence-corrected chi connectivity index (χ4v) is 0.552. The molecule has 0 aromatic heterocycles. The van der Waals surface area contributed by atoms with Gasteiger partial charge in [0.2, 0.25) is 5.91 Å². The molecule has 0 heterocycles. The Labute approximate surface area is 82.4 Å². The van der Waals surface area contributed by atoms with Crippen LogP contribution in [0, 0.1) is 0 Å². The predicted octanol–water partition coefficient (Wildman–Crippen LogP) is 0.975. The molecule has 5 heteroatoms. The van der Waals surface area contributed by atoms with Crippen LogP contribution in [0.2, 0.25) is 0 Å². The minimum Gasteiger partial charge on any atom is -0.432 e. The van der Waals surface area contributed by atoms with Gasteiger partial charge in [-0.15, -0.1) is 0 Å². The average molecular weight is 199 g/mol. The van der Waals surface area contributed by atoms with Crippen LogP contribution < -0.4 is 5.32 Å².